The fourth-order valence-corrected chi connectivity index (χ4v) is 0.644. The van der Waals surface area contributed by atoms with Gasteiger partial charge in [-0.2, -0.15) is 0 Å². The number of amides is 1. The minimum Gasteiger partial charge on any atom is -0.380 e. The summed E-state index contributed by atoms with van der Waals surface area (Å²) in [4.78, 5) is 11.1. The van der Waals surface area contributed by atoms with E-state index in [9.17, 15) is 4.79 Å². The molecule has 0 aliphatic rings. The molecule has 0 aromatic heterocycles. The molecular weight excluding hydrogens is 156 g/mol. The van der Waals surface area contributed by atoms with Crippen LogP contribution < -0.4 is 11.1 Å². The number of hydrogen-bond acceptors (Lipinski definition) is 3. The third-order valence-corrected chi connectivity index (χ3v) is 1.74. The molecule has 4 nitrogen and oxygen atoms in total. The second kappa shape index (κ2) is 5.97. The van der Waals surface area contributed by atoms with E-state index >= 15 is 0 Å². The van der Waals surface area contributed by atoms with Gasteiger partial charge in [-0.15, -0.1) is 0 Å². The first kappa shape index (κ1) is 11.4. The lowest BCUT2D eigenvalue weighted by Gasteiger charge is -2.13. The molecule has 2 atom stereocenters. The Morgan fingerprint density at radius 2 is 2.25 bits per heavy atom. The highest BCUT2D eigenvalue weighted by atomic mass is 16.5. The van der Waals surface area contributed by atoms with Crippen molar-refractivity contribution in [1.29, 1.82) is 0 Å². The van der Waals surface area contributed by atoms with Crippen molar-refractivity contribution in [3.05, 3.63) is 0 Å². The van der Waals surface area contributed by atoms with Crippen LogP contribution in [0.15, 0.2) is 0 Å². The van der Waals surface area contributed by atoms with Crippen molar-refractivity contribution in [2.24, 2.45) is 5.73 Å². The van der Waals surface area contributed by atoms with Crippen LogP contribution in [0.25, 0.3) is 0 Å². The summed E-state index contributed by atoms with van der Waals surface area (Å²) in [6, 6.07) is -0.394. The van der Waals surface area contributed by atoms with E-state index in [-0.39, 0.29) is 12.0 Å². The highest BCUT2D eigenvalue weighted by Crippen LogP contribution is 1.88. The van der Waals surface area contributed by atoms with E-state index < -0.39 is 6.04 Å². The summed E-state index contributed by atoms with van der Waals surface area (Å²) in [5.41, 5.74) is 5.49. The number of methoxy groups -OCH3 is 1. The molecule has 4 heteroatoms. The van der Waals surface area contributed by atoms with Gasteiger partial charge in [-0.05, 0) is 13.3 Å². The zero-order chi connectivity index (χ0) is 9.56. The molecule has 0 saturated heterocycles. The Morgan fingerprint density at radius 1 is 1.67 bits per heavy atom. The highest BCUT2D eigenvalue weighted by molar-refractivity contribution is 5.81. The van der Waals surface area contributed by atoms with Crippen molar-refractivity contribution < 1.29 is 9.53 Å². The molecule has 0 aromatic carbocycles. The van der Waals surface area contributed by atoms with Gasteiger partial charge in [-0.1, -0.05) is 6.92 Å². The molecule has 0 saturated carbocycles. The molecule has 0 bridgehead atoms. The zero-order valence-corrected chi connectivity index (χ0v) is 7.96. The van der Waals surface area contributed by atoms with Gasteiger partial charge in [-0.3, -0.25) is 4.79 Å². The van der Waals surface area contributed by atoms with Crippen molar-refractivity contribution in [3.8, 4) is 0 Å². The first-order valence-corrected chi connectivity index (χ1v) is 4.17. The van der Waals surface area contributed by atoms with Gasteiger partial charge < -0.3 is 15.8 Å². The monoisotopic (exact) mass is 174 g/mol. The molecule has 0 spiro atoms. The number of hydrogen-bond donors (Lipinski definition) is 2. The second-order valence-corrected chi connectivity index (χ2v) is 2.81. The Kier molecular flexibility index (Phi) is 5.66. The Morgan fingerprint density at radius 3 is 2.67 bits per heavy atom. The Bertz CT molecular complexity index is 139. The van der Waals surface area contributed by atoms with Gasteiger partial charge in [-0.25, -0.2) is 0 Å². The molecule has 0 heterocycles. The van der Waals surface area contributed by atoms with Crippen LogP contribution in [0.4, 0.5) is 0 Å². The third kappa shape index (κ3) is 4.31. The zero-order valence-electron chi connectivity index (χ0n) is 7.96. The average molecular weight is 174 g/mol. The Balaban J connectivity index is 3.56. The van der Waals surface area contributed by atoms with E-state index in [0.29, 0.717) is 13.0 Å². The van der Waals surface area contributed by atoms with E-state index in [1.807, 2.05) is 13.8 Å². The lowest BCUT2D eigenvalue weighted by molar-refractivity contribution is -0.122. The molecule has 12 heavy (non-hydrogen) atoms. The molecule has 72 valence electrons. The first-order chi connectivity index (χ1) is 5.61. The lowest BCUT2D eigenvalue weighted by atomic mass is 10.2. The molecule has 0 aliphatic heterocycles. The van der Waals surface area contributed by atoms with Gasteiger partial charge in [0.25, 0.3) is 0 Å². The van der Waals surface area contributed by atoms with Crippen LogP contribution in [0, 0.1) is 0 Å². The number of nitrogens with two attached hydrogens (primary N) is 1. The standard InChI is InChI=1S/C8H18N2O2/c1-4-7(9)8(11)10-5-6(2)12-3/h6-7H,4-5,9H2,1-3H3,(H,10,11)/t6?,7-/m0/s1. The summed E-state index contributed by atoms with van der Waals surface area (Å²) < 4.78 is 4.96. The quantitative estimate of drug-likeness (QED) is 0.610. The SMILES string of the molecule is CC[C@H](N)C(=O)NCC(C)OC. The van der Waals surface area contributed by atoms with Crippen molar-refractivity contribution in [3.63, 3.8) is 0 Å². The molecule has 0 radical (unpaired) electrons. The van der Waals surface area contributed by atoms with Gasteiger partial charge in [0.2, 0.25) is 5.91 Å². The Hall–Kier alpha value is -0.610. The lowest BCUT2D eigenvalue weighted by Crippen LogP contribution is -2.42. The van der Waals surface area contributed by atoms with Crippen LogP contribution in [0.2, 0.25) is 0 Å². The van der Waals surface area contributed by atoms with Gasteiger partial charge in [0.1, 0.15) is 0 Å². The van der Waals surface area contributed by atoms with Gasteiger partial charge in [0.15, 0.2) is 0 Å². The molecule has 3 N–H and O–H groups in total. The number of carbonyl (C=O) groups excluding carboxylic acids is 1. The average Bonchev–Trinajstić information content (AvgIpc) is 2.11. The maximum atomic E-state index is 11.1. The van der Waals surface area contributed by atoms with Crippen LogP contribution in [0.3, 0.4) is 0 Å². The minimum atomic E-state index is -0.394. The largest absolute Gasteiger partial charge is 0.380 e. The van der Waals surface area contributed by atoms with Crippen molar-refractivity contribution in [2.75, 3.05) is 13.7 Å². The molecule has 0 fully saturated rings. The van der Waals surface area contributed by atoms with Crippen molar-refractivity contribution >= 4 is 5.91 Å². The van der Waals surface area contributed by atoms with Crippen LogP contribution in [-0.4, -0.2) is 31.7 Å². The van der Waals surface area contributed by atoms with E-state index in [1.165, 1.54) is 0 Å². The predicted molar refractivity (Wildman–Crippen MR) is 47.7 cm³/mol. The molecule has 1 amide bonds. The van der Waals surface area contributed by atoms with Crippen molar-refractivity contribution in [2.45, 2.75) is 32.4 Å². The molecule has 0 rings (SSSR count). The summed E-state index contributed by atoms with van der Waals surface area (Å²) in [5.74, 6) is -0.110. The summed E-state index contributed by atoms with van der Waals surface area (Å²) in [7, 11) is 1.61. The number of carbonyl (C=O) groups is 1. The maximum Gasteiger partial charge on any atom is 0.236 e. The van der Waals surface area contributed by atoms with E-state index in [4.69, 9.17) is 10.5 Å². The van der Waals surface area contributed by atoms with E-state index in [0.717, 1.165) is 0 Å². The fraction of sp³-hybridized carbons (Fsp3) is 0.875. The molecule has 1 unspecified atom stereocenters. The van der Waals surface area contributed by atoms with Gasteiger partial charge >= 0.3 is 0 Å². The number of nitrogens with one attached hydrogen (secondary N) is 1. The maximum absolute atomic E-state index is 11.1. The van der Waals surface area contributed by atoms with Crippen LogP contribution in [0.5, 0.6) is 0 Å². The topological polar surface area (TPSA) is 64.4 Å². The van der Waals surface area contributed by atoms with Crippen LogP contribution in [-0.2, 0) is 9.53 Å². The first-order valence-electron chi connectivity index (χ1n) is 4.17. The van der Waals surface area contributed by atoms with Crippen LogP contribution in [0.1, 0.15) is 20.3 Å². The van der Waals surface area contributed by atoms with Crippen molar-refractivity contribution in [1.82, 2.24) is 5.32 Å². The summed E-state index contributed by atoms with van der Waals surface area (Å²) in [5, 5.41) is 2.70. The predicted octanol–water partition coefficient (Wildman–Crippen LogP) is -0.125. The van der Waals surface area contributed by atoms with E-state index in [2.05, 4.69) is 5.32 Å². The second-order valence-electron chi connectivity index (χ2n) is 2.81. The summed E-state index contributed by atoms with van der Waals surface area (Å²) in [6.07, 6.45) is 0.700. The minimum absolute atomic E-state index is 0.0398. The number of rotatable bonds is 5. The fourth-order valence-electron chi connectivity index (χ4n) is 0.644. The molecule has 0 aromatic rings. The normalized spacial score (nSPS) is 15.3. The third-order valence-electron chi connectivity index (χ3n) is 1.74. The van der Waals surface area contributed by atoms with Crippen LogP contribution >= 0.6 is 0 Å². The number of ether oxygens (including phenoxy) is 1. The molecular formula is C8H18N2O2. The highest BCUT2D eigenvalue weighted by Gasteiger charge is 2.10. The van der Waals surface area contributed by atoms with Gasteiger partial charge in [0.05, 0.1) is 12.1 Å². The van der Waals surface area contributed by atoms with Gasteiger partial charge in [0, 0.05) is 13.7 Å². The molecule has 0 aliphatic carbocycles. The smallest absolute Gasteiger partial charge is 0.236 e. The summed E-state index contributed by atoms with van der Waals surface area (Å²) in [6.45, 7) is 4.28. The summed E-state index contributed by atoms with van der Waals surface area (Å²) >= 11 is 0. The van der Waals surface area contributed by atoms with E-state index in [1.54, 1.807) is 7.11 Å². The Labute approximate surface area is 73.5 Å².